The summed E-state index contributed by atoms with van der Waals surface area (Å²) >= 11 is 1.75. The van der Waals surface area contributed by atoms with Gasteiger partial charge in [-0.05, 0) is 62.2 Å². The molecule has 168 valence electrons. The lowest BCUT2D eigenvalue weighted by atomic mass is 10.0. The second kappa shape index (κ2) is 11.0. The van der Waals surface area contributed by atoms with Crippen LogP contribution in [0.4, 0.5) is 4.39 Å². The smallest absolute Gasteiger partial charge is 0.326 e. The van der Waals surface area contributed by atoms with Gasteiger partial charge < -0.3 is 9.29 Å². The molecule has 1 heterocycles. The quantitative estimate of drug-likeness (QED) is 0.305. The molecule has 0 amide bonds. The number of aryl methyl sites for hydroxylation is 1. The molecule has 0 aliphatic heterocycles. The van der Waals surface area contributed by atoms with Crippen molar-refractivity contribution in [2.45, 2.75) is 51.8 Å². The molecule has 1 atom stereocenters. The van der Waals surface area contributed by atoms with E-state index < -0.39 is 27.6 Å². The molecule has 1 unspecified atom stereocenters. The van der Waals surface area contributed by atoms with Gasteiger partial charge >= 0.3 is 5.97 Å². The Morgan fingerprint density at radius 2 is 1.97 bits per heavy atom. The zero-order chi connectivity index (χ0) is 23.2. The standard InChI is InChI=1S/C21H25BrFN3O4S/c1-5-30-18(27)12-26-13-24-17(19(22)20(26)28)11-10-16(25-31(29)21(2,3)4)14-6-8-15(23)9-7-14/h6-9,13H,5,10-12H2,1-4H3. The number of rotatable bonds is 8. The third-order valence-corrected chi connectivity index (χ3v) is 6.38. The maximum Gasteiger partial charge on any atom is 0.326 e. The fourth-order valence-electron chi connectivity index (χ4n) is 2.49. The first-order valence-electron chi connectivity index (χ1n) is 9.67. The van der Waals surface area contributed by atoms with Crippen LogP contribution >= 0.6 is 15.9 Å². The van der Waals surface area contributed by atoms with E-state index in [1.165, 1.54) is 18.5 Å². The van der Waals surface area contributed by atoms with E-state index in [-0.39, 0.29) is 23.4 Å². The van der Waals surface area contributed by atoms with E-state index in [4.69, 9.17) is 4.74 Å². The molecule has 31 heavy (non-hydrogen) atoms. The number of aromatic nitrogens is 2. The predicted octanol–water partition coefficient (Wildman–Crippen LogP) is 3.59. The van der Waals surface area contributed by atoms with Crippen LogP contribution in [0.2, 0.25) is 0 Å². The van der Waals surface area contributed by atoms with Crippen LogP contribution in [0.25, 0.3) is 0 Å². The molecular formula is C21H25BrFN3O4S. The van der Waals surface area contributed by atoms with Crippen LogP contribution in [0.3, 0.4) is 0 Å². The van der Waals surface area contributed by atoms with Gasteiger partial charge in [0.25, 0.3) is 5.56 Å². The van der Waals surface area contributed by atoms with E-state index in [1.54, 1.807) is 19.1 Å². The average Bonchev–Trinajstić information content (AvgIpc) is 2.70. The van der Waals surface area contributed by atoms with Gasteiger partial charge in [-0.1, -0.05) is 16.5 Å². The summed E-state index contributed by atoms with van der Waals surface area (Å²) in [4.78, 5) is 28.5. The number of hydrogen-bond acceptors (Lipinski definition) is 6. The van der Waals surface area contributed by atoms with Crippen molar-refractivity contribution in [1.82, 2.24) is 9.55 Å². The summed E-state index contributed by atoms with van der Waals surface area (Å²) in [5.74, 6) is -0.906. The molecule has 0 radical (unpaired) electrons. The minimum Gasteiger partial charge on any atom is -0.591 e. The first-order valence-corrected chi connectivity index (χ1v) is 11.6. The predicted molar refractivity (Wildman–Crippen MR) is 122 cm³/mol. The van der Waals surface area contributed by atoms with Gasteiger partial charge in [0, 0.05) is 12.0 Å². The minimum atomic E-state index is -1.51. The SMILES string of the molecule is CCOC(=O)Cn1cnc(CCC(=N[S+]([O-])C(C)(C)C)c2ccc(F)cc2)c(Br)c1=O. The summed E-state index contributed by atoms with van der Waals surface area (Å²) in [7, 11) is 0. The summed E-state index contributed by atoms with van der Waals surface area (Å²) < 4.78 is 36.0. The van der Waals surface area contributed by atoms with Crippen molar-refractivity contribution in [2.75, 3.05) is 6.61 Å². The zero-order valence-electron chi connectivity index (χ0n) is 17.9. The lowest BCUT2D eigenvalue weighted by molar-refractivity contribution is -0.143. The van der Waals surface area contributed by atoms with Crippen LogP contribution in [-0.2, 0) is 33.9 Å². The third-order valence-electron chi connectivity index (χ3n) is 4.15. The van der Waals surface area contributed by atoms with Gasteiger partial charge in [-0.3, -0.25) is 14.2 Å². The molecule has 2 aromatic rings. The van der Waals surface area contributed by atoms with Crippen molar-refractivity contribution in [3.63, 3.8) is 0 Å². The van der Waals surface area contributed by atoms with Crippen molar-refractivity contribution in [1.29, 1.82) is 0 Å². The van der Waals surface area contributed by atoms with Crippen molar-refractivity contribution in [3.8, 4) is 0 Å². The van der Waals surface area contributed by atoms with Crippen molar-refractivity contribution < 1.29 is 18.5 Å². The van der Waals surface area contributed by atoms with Crippen LogP contribution < -0.4 is 5.56 Å². The molecule has 0 spiro atoms. The number of carbonyl (C=O) groups is 1. The van der Waals surface area contributed by atoms with E-state index in [0.717, 1.165) is 4.57 Å². The molecule has 0 bridgehead atoms. The van der Waals surface area contributed by atoms with Crippen LogP contribution in [0.1, 0.15) is 45.4 Å². The summed E-state index contributed by atoms with van der Waals surface area (Å²) in [5.41, 5.74) is 1.24. The maximum absolute atomic E-state index is 13.3. The van der Waals surface area contributed by atoms with Gasteiger partial charge in [-0.15, -0.1) is 0 Å². The highest BCUT2D eigenvalue weighted by molar-refractivity contribution is 9.10. The maximum atomic E-state index is 13.3. The topological polar surface area (TPSA) is 96.6 Å². The number of nitrogens with zero attached hydrogens (tertiary/aromatic N) is 3. The van der Waals surface area contributed by atoms with Gasteiger partial charge in [0.05, 0.1) is 24.3 Å². The highest BCUT2D eigenvalue weighted by Crippen LogP contribution is 2.21. The van der Waals surface area contributed by atoms with E-state index in [0.29, 0.717) is 29.8 Å². The largest absolute Gasteiger partial charge is 0.591 e. The summed E-state index contributed by atoms with van der Waals surface area (Å²) in [5, 5.41) is 0. The zero-order valence-corrected chi connectivity index (χ0v) is 20.3. The molecule has 1 aromatic carbocycles. The molecule has 0 fully saturated rings. The number of carbonyl (C=O) groups excluding carboxylic acids is 1. The van der Waals surface area contributed by atoms with Crippen molar-refractivity contribution in [3.05, 3.63) is 62.5 Å². The number of halogens is 2. The fraction of sp³-hybridized carbons (Fsp3) is 0.429. The average molecular weight is 514 g/mol. The highest BCUT2D eigenvalue weighted by atomic mass is 79.9. The van der Waals surface area contributed by atoms with E-state index in [9.17, 15) is 18.5 Å². The highest BCUT2D eigenvalue weighted by Gasteiger charge is 2.27. The first kappa shape index (κ1) is 25.2. The second-order valence-electron chi connectivity index (χ2n) is 7.65. The van der Waals surface area contributed by atoms with Crippen LogP contribution in [0.5, 0.6) is 0 Å². The number of benzene rings is 1. The molecular weight excluding hydrogens is 489 g/mol. The summed E-state index contributed by atoms with van der Waals surface area (Å²) in [6, 6.07) is 5.78. The molecule has 2 rings (SSSR count). The monoisotopic (exact) mass is 513 g/mol. The van der Waals surface area contributed by atoms with Gasteiger partial charge in [0.2, 0.25) is 0 Å². The second-order valence-corrected chi connectivity index (χ2v) is 10.3. The molecule has 0 saturated carbocycles. The van der Waals surface area contributed by atoms with E-state index >= 15 is 0 Å². The molecule has 0 saturated heterocycles. The van der Waals surface area contributed by atoms with Gasteiger partial charge in [0.1, 0.15) is 32.9 Å². The van der Waals surface area contributed by atoms with E-state index in [2.05, 4.69) is 25.3 Å². The van der Waals surface area contributed by atoms with E-state index in [1.807, 2.05) is 20.8 Å². The minimum absolute atomic E-state index is 0.224. The Bertz CT molecular complexity index is 1000. The normalized spacial score (nSPS) is 13.2. The Hall–Kier alpha value is -2.04. The molecule has 0 aliphatic rings. The Labute approximate surface area is 192 Å². The van der Waals surface area contributed by atoms with Crippen LogP contribution in [0, 0.1) is 5.82 Å². The third kappa shape index (κ3) is 7.26. The fourth-order valence-corrected chi connectivity index (χ4v) is 3.69. The molecule has 10 heteroatoms. The Morgan fingerprint density at radius 3 is 2.55 bits per heavy atom. The van der Waals surface area contributed by atoms with Crippen molar-refractivity contribution >= 4 is 39.0 Å². The Balaban J connectivity index is 2.27. The molecule has 1 aromatic heterocycles. The Morgan fingerprint density at radius 1 is 1.32 bits per heavy atom. The van der Waals surface area contributed by atoms with Crippen LogP contribution in [-0.4, -0.2) is 37.1 Å². The Kier molecular flexibility index (Phi) is 8.96. The molecule has 7 nitrogen and oxygen atoms in total. The molecule has 0 N–H and O–H groups in total. The molecule has 0 aliphatic carbocycles. The first-order chi connectivity index (χ1) is 14.5. The summed E-state index contributed by atoms with van der Waals surface area (Å²) in [6.07, 6.45) is 1.95. The van der Waals surface area contributed by atoms with Gasteiger partial charge in [-0.2, -0.15) is 0 Å². The van der Waals surface area contributed by atoms with Crippen molar-refractivity contribution in [2.24, 2.45) is 4.40 Å². The van der Waals surface area contributed by atoms with Gasteiger partial charge in [0.15, 0.2) is 0 Å². The lowest BCUT2D eigenvalue weighted by Crippen LogP contribution is -2.28. The van der Waals surface area contributed by atoms with Gasteiger partial charge in [-0.25, -0.2) is 9.37 Å². The van der Waals surface area contributed by atoms with Crippen LogP contribution in [0.15, 0.2) is 44.3 Å². The summed E-state index contributed by atoms with van der Waals surface area (Å²) in [6.45, 7) is 7.13. The number of esters is 1. The number of hydrogen-bond donors (Lipinski definition) is 0. The lowest BCUT2D eigenvalue weighted by Gasteiger charge is -2.19. The number of ether oxygens (including phenoxy) is 1.